The second kappa shape index (κ2) is 15.4. The fourth-order valence-corrected chi connectivity index (χ4v) is 6.49. The molecule has 0 unspecified atom stereocenters. The lowest BCUT2D eigenvalue weighted by atomic mass is 10.00. The zero-order valence-electron chi connectivity index (χ0n) is 27.0. The summed E-state index contributed by atoms with van der Waals surface area (Å²) in [5.74, 6) is 4.01. The van der Waals surface area contributed by atoms with Gasteiger partial charge in [-0.15, -0.1) is 30.0 Å². The highest BCUT2D eigenvalue weighted by Crippen LogP contribution is 2.35. The van der Waals surface area contributed by atoms with Crippen molar-refractivity contribution in [1.29, 1.82) is 0 Å². The summed E-state index contributed by atoms with van der Waals surface area (Å²) in [4.78, 5) is 21.7. The normalized spacial score (nSPS) is 14.5. The average molecular weight is 679 g/mol. The Bertz CT molecular complexity index is 1750. The van der Waals surface area contributed by atoms with Gasteiger partial charge in [-0.25, -0.2) is 19.5 Å². The second-order valence-corrected chi connectivity index (χ2v) is 12.5. The third-order valence-corrected chi connectivity index (χ3v) is 8.85. The van der Waals surface area contributed by atoms with E-state index in [2.05, 4.69) is 68.8 Å². The van der Waals surface area contributed by atoms with Crippen molar-refractivity contribution in [2.45, 2.75) is 45.4 Å². The number of hydrogen-bond donors (Lipinski definition) is 1. The van der Waals surface area contributed by atoms with Crippen LogP contribution in [-0.4, -0.2) is 59.2 Å². The number of rotatable bonds is 8. The predicted molar refractivity (Wildman–Crippen MR) is 184 cm³/mol. The van der Waals surface area contributed by atoms with Gasteiger partial charge in [0.1, 0.15) is 17.8 Å². The quantitative estimate of drug-likeness (QED) is 0.187. The van der Waals surface area contributed by atoms with Crippen LogP contribution < -0.4 is 19.7 Å². The maximum absolute atomic E-state index is 12.3. The second-order valence-electron chi connectivity index (χ2n) is 11.4. The summed E-state index contributed by atoms with van der Waals surface area (Å²) in [6, 6.07) is 18.9. The monoisotopic (exact) mass is 678 g/mol. The molecule has 9 nitrogen and oxygen atoms in total. The minimum Gasteiger partial charge on any atom is -0.497 e. The molecule has 252 valence electrons. The molecular weight excluding hydrogens is 641 g/mol. The number of ether oxygens (including phenoxy) is 2. The van der Waals surface area contributed by atoms with Crippen molar-refractivity contribution < 1.29 is 27.4 Å². The summed E-state index contributed by atoms with van der Waals surface area (Å²) >= 11 is 2.00. The van der Waals surface area contributed by atoms with Gasteiger partial charge in [-0.1, -0.05) is 38.1 Å². The van der Waals surface area contributed by atoms with E-state index in [1.807, 2.05) is 36.0 Å². The van der Waals surface area contributed by atoms with Gasteiger partial charge in [0.25, 0.3) is 0 Å². The fraction of sp³-hybridized carbons (Fsp3) is 0.314. The minimum absolute atomic E-state index is 0.308. The summed E-state index contributed by atoms with van der Waals surface area (Å²) < 4.78 is 47.5. The fourth-order valence-electron chi connectivity index (χ4n) is 5.52. The topological polar surface area (TPSA) is 93.9 Å². The van der Waals surface area contributed by atoms with Crippen LogP contribution in [0.3, 0.4) is 0 Å². The highest BCUT2D eigenvalue weighted by atomic mass is 32.2. The van der Waals surface area contributed by atoms with E-state index in [0.29, 0.717) is 17.4 Å². The molecule has 13 heteroatoms. The van der Waals surface area contributed by atoms with E-state index in [1.165, 1.54) is 52.3 Å². The molecule has 0 saturated carbocycles. The van der Waals surface area contributed by atoms with E-state index in [-0.39, 0.29) is 5.75 Å². The third-order valence-electron chi connectivity index (χ3n) is 7.89. The van der Waals surface area contributed by atoms with Crippen LogP contribution in [0.4, 0.5) is 23.7 Å². The van der Waals surface area contributed by atoms with Crippen molar-refractivity contribution >= 4 is 35.8 Å². The standard InChI is InChI=1S/C22H18F3N5O2.C13H19NOS/c1-26-21(31)28-19-4-2-3-18(19)14-5-7-15(8-6-14)20-27-13-30(29-20)16-9-11-17(12-10-16)32-22(23,24)25;1-10(2)12-8-11(15-3)4-5-13(12)14-6-7-16-9-14/h5-13H,1-4H2,(H,28,31);4-5,8,10H,6-7,9H2,1-3H3. The number of allylic oxidation sites excluding steroid dienone is 2. The summed E-state index contributed by atoms with van der Waals surface area (Å²) in [6.45, 7) is 8.87. The van der Waals surface area contributed by atoms with E-state index in [1.54, 1.807) is 7.11 Å². The smallest absolute Gasteiger partial charge is 0.497 e. The highest BCUT2D eigenvalue weighted by Gasteiger charge is 2.31. The van der Waals surface area contributed by atoms with E-state index < -0.39 is 12.4 Å². The van der Waals surface area contributed by atoms with Gasteiger partial charge in [0.05, 0.1) is 18.7 Å². The molecule has 0 atom stereocenters. The number of carbonyl (C=O) groups excluding carboxylic acids is 1. The van der Waals surface area contributed by atoms with Crippen LogP contribution in [0.1, 0.15) is 50.2 Å². The summed E-state index contributed by atoms with van der Waals surface area (Å²) in [6.07, 6.45) is -0.678. The number of urea groups is 1. The molecular formula is C35H37F3N6O3S. The number of thioether (sulfide) groups is 1. The number of halogens is 3. The summed E-state index contributed by atoms with van der Waals surface area (Å²) in [5, 5.41) is 7.18. The minimum atomic E-state index is -4.74. The number of aliphatic imine (C=N–C) groups is 1. The number of anilines is 1. The lowest BCUT2D eigenvalue weighted by molar-refractivity contribution is -0.274. The molecule has 0 bridgehead atoms. The number of amides is 2. The summed E-state index contributed by atoms with van der Waals surface area (Å²) in [7, 11) is 1.73. The van der Waals surface area contributed by atoms with E-state index in [4.69, 9.17) is 4.74 Å². The van der Waals surface area contributed by atoms with Crippen LogP contribution in [-0.2, 0) is 0 Å². The Hall–Kier alpha value is -4.78. The molecule has 1 aliphatic carbocycles. The predicted octanol–water partition coefficient (Wildman–Crippen LogP) is 8.47. The number of alkyl halides is 3. The van der Waals surface area contributed by atoms with Gasteiger partial charge in [-0.2, -0.15) is 0 Å². The lowest BCUT2D eigenvalue weighted by Gasteiger charge is -2.23. The number of methoxy groups -OCH3 is 1. The van der Waals surface area contributed by atoms with E-state index in [0.717, 1.165) is 59.8 Å². The Balaban J connectivity index is 0.000000236. The Kier molecular flexibility index (Phi) is 11.1. The molecule has 2 amide bonds. The van der Waals surface area contributed by atoms with E-state index >= 15 is 0 Å². The van der Waals surface area contributed by atoms with Crippen LogP contribution in [0.15, 0.2) is 83.7 Å². The van der Waals surface area contributed by atoms with Crippen molar-refractivity contribution in [3.63, 3.8) is 0 Å². The van der Waals surface area contributed by atoms with Gasteiger partial charge in [0, 0.05) is 29.2 Å². The molecule has 1 fully saturated rings. The Morgan fingerprint density at radius 1 is 1.02 bits per heavy atom. The Morgan fingerprint density at radius 3 is 2.35 bits per heavy atom. The molecule has 2 aliphatic rings. The molecule has 0 radical (unpaired) electrons. The molecule has 0 spiro atoms. The molecule has 48 heavy (non-hydrogen) atoms. The zero-order valence-corrected chi connectivity index (χ0v) is 27.8. The molecule has 1 aliphatic heterocycles. The number of nitrogens with one attached hydrogen (secondary N) is 1. The van der Waals surface area contributed by atoms with Gasteiger partial charge in [0.15, 0.2) is 5.82 Å². The van der Waals surface area contributed by atoms with Gasteiger partial charge in [-0.05, 0) is 91.1 Å². The van der Waals surface area contributed by atoms with Crippen molar-refractivity contribution in [2.24, 2.45) is 4.99 Å². The first-order valence-corrected chi connectivity index (χ1v) is 16.6. The van der Waals surface area contributed by atoms with Crippen molar-refractivity contribution in [3.8, 4) is 28.6 Å². The SMILES string of the molecule is C=NC(=O)NC1=C(c2ccc(-c3ncn(-c4ccc(OC(F)(F)F)cc4)n3)cc2)CCC1.COc1ccc(N2CCSC2)c(C(C)C)c1. The van der Waals surface area contributed by atoms with Gasteiger partial charge < -0.3 is 19.7 Å². The van der Waals surface area contributed by atoms with Crippen LogP contribution in [0.25, 0.3) is 22.6 Å². The number of benzene rings is 3. The van der Waals surface area contributed by atoms with Gasteiger partial charge >= 0.3 is 12.4 Å². The third kappa shape index (κ3) is 8.77. The molecule has 3 aromatic carbocycles. The zero-order chi connectivity index (χ0) is 34.3. The van der Waals surface area contributed by atoms with Crippen molar-refractivity contribution in [1.82, 2.24) is 20.1 Å². The molecule has 4 aromatic rings. The maximum Gasteiger partial charge on any atom is 0.573 e. The van der Waals surface area contributed by atoms with Crippen LogP contribution in [0, 0.1) is 0 Å². The highest BCUT2D eigenvalue weighted by molar-refractivity contribution is 7.99. The molecule has 1 saturated heterocycles. The van der Waals surface area contributed by atoms with Gasteiger partial charge in [0.2, 0.25) is 0 Å². The number of hydrogen-bond acceptors (Lipinski definition) is 7. The maximum atomic E-state index is 12.3. The Morgan fingerprint density at radius 2 is 1.73 bits per heavy atom. The first-order chi connectivity index (χ1) is 23.0. The largest absolute Gasteiger partial charge is 0.573 e. The lowest BCUT2D eigenvalue weighted by Crippen LogP contribution is -2.19. The first kappa shape index (κ1) is 34.6. The van der Waals surface area contributed by atoms with Crippen LogP contribution in [0.2, 0.25) is 0 Å². The van der Waals surface area contributed by atoms with Crippen molar-refractivity contribution in [2.75, 3.05) is 30.2 Å². The molecule has 6 rings (SSSR count). The molecule has 1 aromatic heterocycles. The molecule has 2 heterocycles. The van der Waals surface area contributed by atoms with Crippen LogP contribution >= 0.6 is 11.8 Å². The average Bonchev–Trinajstić information content (AvgIpc) is 3.88. The van der Waals surface area contributed by atoms with E-state index in [9.17, 15) is 18.0 Å². The van der Waals surface area contributed by atoms with Crippen molar-refractivity contribution in [3.05, 3.63) is 89.9 Å². The van der Waals surface area contributed by atoms with Gasteiger partial charge in [-0.3, -0.25) is 0 Å². The molecule has 1 N–H and O–H groups in total. The van der Waals surface area contributed by atoms with Crippen LogP contribution in [0.5, 0.6) is 11.5 Å². The number of aromatic nitrogens is 3. The Labute approximate surface area is 281 Å². The first-order valence-electron chi connectivity index (χ1n) is 15.4. The summed E-state index contributed by atoms with van der Waals surface area (Å²) in [5.41, 5.74) is 7.00. The number of nitrogens with zero attached hydrogens (tertiary/aromatic N) is 5. The number of carbonyl (C=O) groups is 1.